The molecule has 0 bridgehead atoms. The minimum absolute atomic E-state index is 0.524. The molecule has 15 heavy (non-hydrogen) atoms. The van der Waals surface area contributed by atoms with Crippen LogP contribution in [0.5, 0.6) is 0 Å². The average Bonchev–Trinajstić information content (AvgIpc) is 2.17. The fraction of sp³-hybridized carbons (Fsp3) is 1.00. The molecule has 0 saturated carbocycles. The molecule has 0 N–H and O–H groups in total. The Kier molecular flexibility index (Phi) is 5.92. The molecule has 0 aliphatic rings. The molecule has 0 rings (SSSR count). The van der Waals surface area contributed by atoms with Gasteiger partial charge in [-0.1, -0.05) is 74.1 Å². The monoisotopic (exact) mass is 212 g/mol. The summed E-state index contributed by atoms with van der Waals surface area (Å²) in [6.07, 6.45) is 6.77. The summed E-state index contributed by atoms with van der Waals surface area (Å²) in [5.74, 6) is 0.857. The Hall–Kier alpha value is 0. The third-order valence-electron chi connectivity index (χ3n) is 4.69. The molecule has 0 radical (unpaired) electrons. The van der Waals surface area contributed by atoms with Crippen LogP contribution < -0.4 is 0 Å². The van der Waals surface area contributed by atoms with Gasteiger partial charge in [-0.05, 0) is 23.2 Å². The molecule has 0 aromatic carbocycles. The second kappa shape index (κ2) is 5.92. The predicted molar refractivity (Wildman–Crippen MR) is 71.2 cm³/mol. The summed E-state index contributed by atoms with van der Waals surface area (Å²) in [4.78, 5) is 0. The molecule has 1 unspecified atom stereocenters. The quantitative estimate of drug-likeness (QED) is 0.510. The van der Waals surface area contributed by atoms with Crippen LogP contribution in [-0.4, -0.2) is 0 Å². The van der Waals surface area contributed by atoms with E-state index < -0.39 is 0 Å². The van der Waals surface area contributed by atoms with E-state index in [0.717, 1.165) is 5.92 Å². The SMILES string of the molecule is CCC(C)(C)CCCC(C)C(C)(C)CC. The van der Waals surface area contributed by atoms with E-state index in [9.17, 15) is 0 Å². The van der Waals surface area contributed by atoms with Gasteiger partial charge < -0.3 is 0 Å². The molecule has 0 aromatic heterocycles. The molecule has 0 spiro atoms. The van der Waals surface area contributed by atoms with Gasteiger partial charge in [-0.15, -0.1) is 0 Å². The first-order valence-electron chi connectivity index (χ1n) is 6.75. The summed E-state index contributed by atoms with van der Waals surface area (Å²) >= 11 is 0. The van der Waals surface area contributed by atoms with Crippen molar-refractivity contribution in [1.82, 2.24) is 0 Å². The Morgan fingerprint density at radius 2 is 1.47 bits per heavy atom. The second-order valence-corrected chi connectivity index (χ2v) is 6.65. The molecule has 1 atom stereocenters. The van der Waals surface area contributed by atoms with E-state index >= 15 is 0 Å². The molecule has 0 aliphatic heterocycles. The maximum atomic E-state index is 2.42. The van der Waals surface area contributed by atoms with E-state index in [1.807, 2.05) is 0 Å². The van der Waals surface area contributed by atoms with Gasteiger partial charge in [0.1, 0.15) is 0 Å². The zero-order chi connectivity index (χ0) is 12.1. The Balaban J connectivity index is 3.87. The Morgan fingerprint density at radius 1 is 0.933 bits per heavy atom. The van der Waals surface area contributed by atoms with Crippen LogP contribution in [0.3, 0.4) is 0 Å². The van der Waals surface area contributed by atoms with Crippen molar-refractivity contribution < 1.29 is 0 Å². The predicted octanol–water partition coefficient (Wildman–Crippen LogP) is 5.67. The largest absolute Gasteiger partial charge is 0.0649 e. The van der Waals surface area contributed by atoms with E-state index in [0.29, 0.717) is 10.8 Å². The summed E-state index contributed by atoms with van der Waals surface area (Å²) in [7, 11) is 0. The number of rotatable bonds is 7. The molecule has 0 aromatic rings. The van der Waals surface area contributed by atoms with E-state index in [-0.39, 0.29) is 0 Å². The van der Waals surface area contributed by atoms with Crippen molar-refractivity contribution in [2.24, 2.45) is 16.7 Å². The highest BCUT2D eigenvalue weighted by atomic mass is 14.3. The van der Waals surface area contributed by atoms with Crippen molar-refractivity contribution in [3.8, 4) is 0 Å². The van der Waals surface area contributed by atoms with E-state index in [1.54, 1.807) is 0 Å². The first-order valence-corrected chi connectivity index (χ1v) is 6.75. The molecule has 92 valence electrons. The van der Waals surface area contributed by atoms with Crippen LogP contribution in [0.15, 0.2) is 0 Å². The Bertz CT molecular complexity index is 165. The fourth-order valence-electron chi connectivity index (χ4n) is 1.80. The highest BCUT2D eigenvalue weighted by molar-refractivity contribution is 4.75. The lowest BCUT2D eigenvalue weighted by Crippen LogP contribution is -2.21. The van der Waals surface area contributed by atoms with Crippen LogP contribution in [0, 0.1) is 16.7 Å². The Labute approximate surface area is 97.8 Å². The highest BCUT2D eigenvalue weighted by Crippen LogP contribution is 2.35. The molecular weight excluding hydrogens is 180 g/mol. The summed E-state index contributed by atoms with van der Waals surface area (Å²) < 4.78 is 0. The van der Waals surface area contributed by atoms with Gasteiger partial charge in [0.2, 0.25) is 0 Å². The van der Waals surface area contributed by atoms with E-state index in [4.69, 9.17) is 0 Å². The summed E-state index contributed by atoms with van der Waals surface area (Å²) in [5, 5.41) is 0. The fourth-order valence-corrected chi connectivity index (χ4v) is 1.80. The van der Waals surface area contributed by atoms with Gasteiger partial charge in [0.05, 0.1) is 0 Å². The van der Waals surface area contributed by atoms with Crippen molar-refractivity contribution in [2.45, 2.75) is 80.6 Å². The molecular formula is C15H32. The molecule has 0 nitrogen and oxygen atoms in total. The van der Waals surface area contributed by atoms with Crippen molar-refractivity contribution in [3.05, 3.63) is 0 Å². The first kappa shape index (κ1) is 15.0. The summed E-state index contributed by atoms with van der Waals surface area (Å²) in [5.41, 5.74) is 1.08. The van der Waals surface area contributed by atoms with Crippen LogP contribution in [0.25, 0.3) is 0 Å². The maximum Gasteiger partial charge on any atom is -0.0331 e. The molecule has 0 heteroatoms. The normalized spacial score (nSPS) is 15.4. The minimum atomic E-state index is 0.524. The lowest BCUT2D eigenvalue weighted by Gasteiger charge is -2.32. The highest BCUT2D eigenvalue weighted by Gasteiger charge is 2.24. The van der Waals surface area contributed by atoms with Gasteiger partial charge >= 0.3 is 0 Å². The molecule has 0 aliphatic carbocycles. The lowest BCUT2D eigenvalue weighted by atomic mass is 9.74. The smallest absolute Gasteiger partial charge is 0.0331 e. The van der Waals surface area contributed by atoms with E-state index in [1.165, 1.54) is 32.1 Å². The minimum Gasteiger partial charge on any atom is -0.0649 e. The second-order valence-electron chi connectivity index (χ2n) is 6.65. The lowest BCUT2D eigenvalue weighted by molar-refractivity contribution is 0.193. The van der Waals surface area contributed by atoms with Crippen LogP contribution in [0.1, 0.15) is 80.6 Å². The molecule has 0 fully saturated rings. The van der Waals surface area contributed by atoms with Crippen LogP contribution in [0.2, 0.25) is 0 Å². The van der Waals surface area contributed by atoms with Crippen LogP contribution in [-0.2, 0) is 0 Å². The van der Waals surface area contributed by atoms with Crippen LogP contribution in [0.4, 0.5) is 0 Å². The van der Waals surface area contributed by atoms with Gasteiger partial charge in [-0.25, -0.2) is 0 Å². The van der Waals surface area contributed by atoms with Crippen molar-refractivity contribution in [2.75, 3.05) is 0 Å². The van der Waals surface area contributed by atoms with Crippen molar-refractivity contribution in [1.29, 1.82) is 0 Å². The van der Waals surface area contributed by atoms with E-state index in [2.05, 4.69) is 48.5 Å². The average molecular weight is 212 g/mol. The standard InChI is InChI=1S/C15H32/c1-8-14(4,5)12-10-11-13(3)15(6,7)9-2/h13H,8-12H2,1-7H3. The van der Waals surface area contributed by atoms with Gasteiger partial charge in [0.25, 0.3) is 0 Å². The van der Waals surface area contributed by atoms with Crippen molar-refractivity contribution >= 4 is 0 Å². The zero-order valence-electron chi connectivity index (χ0n) is 12.1. The van der Waals surface area contributed by atoms with Crippen molar-refractivity contribution in [3.63, 3.8) is 0 Å². The maximum absolute atomic E-state index is 2.42. The molecule has 0 amide bonds. The topological polar surface area (TPSA) is 0 Å². The number of hydrogen-bond acceptors (Lipinski definition) is 0. The van der Waals surface area contributed by atoms with Gasteiger partial charge in [-0.2, -0.15) is 0 Å². The summed E-state index contributed by atoms with van der Waals surface area (Å²) in [6, 6.07) is 0. The van der Waals surface area contributed by atoms with Gasteiger partial charge in [0.15, 0.2) is 0 Å². The number of hydrogen-bond donors (Lipinski definition) is 0. The molecule has 0 saturated heterocycles. The zero-order valence-corrected chi connectivity index (χ0v) is 12.1. The van der Waals surface area contributed by atoms with Gasteiger partial charge in [-0.3, -0.25) is 0 Å². The van der Waals surface area contributed by atoms with Crippen LogP contribution >= 0.6 is 0 Å². The van der Waals surface area contributed by atoms with Gasteiger partial charge in [0, 0.05) is 0 Å². The molecule has 0 heterocycles. The summed E-state index contributed by atoms with van der Waals surface area (Å²) in [6.45, 7) is 16.6. The Morgan fingerprint density at radius 3 is 1.87 bits per heavy atom. The first-order chi connectivity index (χ1) is 6.75. The third kappa shape index (κ3) is 5.58. The third-order valence-corrected chi connectivity index (χ3v) is 4.69.